The molecule has 1 aliphatic rings. The highest BCUT2D eigenvalue weighted by Crippen LogP contribution is 2.24. The number of ether oxygens (including phenoxy) is 1. The van der Waals surface area contributed by atoms with E-state index in [1.165, 1.54) is 0 Å². The quantitative estimate of drug-likeness (QED) is 0.558. The maximum Gasteiger partial charge on any atom is 0.258 e. The van der Waals surface area contributed by atoms with E-state index in [0.29, 0.717) is 49.5 Å². The van der Waals surface area contributed by atoms with E-state index in [4.69, 9.17) is 15.5 Å². The lowest BCUT2D eigenvalue weighted by atomic mass is 9.99. The van der Waals surface area contributed by atoms with Crippen molar-refractivity contribution < 1.29 is 4.74 Å². The third-order valence-electron chi connectivity index (χ3n) is 6.23. The van der Waals surface area contributed by atoms with Gasteiger partial charge >= 0.3 is 0 Å². The summed E-state index contributed by atoms with van der Waals surface area (Å²) in [6.07, 6.45) is 1.61. The first kappa shape index (κ1) is 23.8. The van der Waals surface area contributed by atoms with Crippen molar-refractivity contribution in [3.05, 3.63) is 87.1 Å². The molecule has 1 saturated heterocycles. The van der Waals surface area contributed by atoms with E-state index in [1.54, 1.807) is 4.57 Å². The number of aryl methyl sites for hydroxylation is 1. The molecule has 2 N–H and O–H groups in total. The molecule has 0 amide bonds. The van der Waals surface area contributed by atoms with Gasteiger partial charge in [-0.25, -0.2) is 4.98 Å². The molecule has 1 fully saturated rings. The summed E-state index contributed by atoms with van der Waals surface area (Å²) in [6.45, 7) is 6.27. The van der Waals surface area contributed by atoms with Gasteiger partial charge in [0.1, 0.15) is 5.82 Å². The molecule has 0 spiro atoms. The number of nitrogens with zero attached hydrogens (tertiary/aromatic N) is 4. The van der Waals surface area contributed by atoms with Gasteiger partial charge in [-0.3, -0.25) is 14.3 Å². The van der Waals surface area contributed by atoms with Crippen LogP contribution in [0.3, 0.4) is 0 Å². The Labute approximate surface area is 200 Å². The molecule has 3 aromatic rings. The highest BCUT2D eigenvalue weighted by Gasteiger charge is 2.20. The van der Waals surface area contributed by atoms with Gasteiger partial charge in [0.25, 0.3) is 5.56 Å². The third-order valence-corrected chi connectivity index (χ3v) is 6.23. The predicted molar refractivity (Wildman–Crippen MR) is 132 cm³/mol. The molecule has 7 nitrogen and oxygen atoms in total. The molecule has 7 heteroatoms. The first-order valence-electron chi connectivity index (χ1n) is 11.8. The van der Waals surface area contributed by atoms with Crippen molar-refractivity contribution in [2.24, 2.45) is 5.73 Å². The average Bonchev–Trinajstić information content (AvgIpc) is 2.88. The number of nitrogens with two attached hydrogens (primary N) is 1. The lowest BCUT2D eigenvalue weighted by Crippen LogP contribution is -2.40. The Morgan fingerprint density at radius 2 is 1.82 bits per heavy atom. The molecule has 0 radical (unpaired) electrons. The zero-order valence-corrected chi connectivity index (χ0v) is 19.7. The second-order valence-electron chi connectivity index (χ2n) is 8.54. The molecular weight excluding hydrogens is 426 g/mol. The summed E-state index contributed by atoms with van der Waals surface area (Å²) in [7, 11) is 0. The van der Waals surface area contributed by atoms with E-state index in [9.17, 15) is 10.1 Å². The second kappa shape index (κ2) is 11.2. The summed E-state index contributed by atoms with van der Waals surface area (Å²) in [5.41, 5.74) is 10.9. The number of morpholine rings is 1. The highest BCUT2D eigenvalue weighted by molar-refractivity contribution is 5.70. The van der Waals surface area contributed by atoms with Crippen LogP contribution in [0.1, 0.15) is 41.6 Å². The van der Waals surface area contributed by atoms with Crippen LogP contribution in [0.2, 0.25) is 0 Å². The van der Waals surface area contributed by atoms with Crippen LogP contribution in [0.25, 0.3) is 11.1 Å². The van der Waals surface area contributed by atoms with Gasteiger partial charge in [0.15, 0.2) is 0 Å². The highest BCUT2D eigenvalue weighted by atomic mass is 16.5. The molecular formula is C27H31N5O2. The molecule has 0 unspecified atom stereocenters. The smallest absolute Gasteiger partial charge is 0.258 e. The number of nitriles is 1. The fraction of sp³-hybridized carbons (Fsp3) is 0.370. The Morgan fingerprint density at radius 1 is 1.09 bits per heavy atom. The Hall–Kier alpha value is -3.31. The van der Waals surface area contributed by atoms with E-state index in [0.717, 1.165) is 42.0 Å². The zero-order valence-electron chi connectivity index (χ0n) is 19.7. The number of aromatic nitrogens is 2. The molecule has 0 aliphatic carbocycles. The first-order valence-corrected chi connectivity index (χ1v) is 11.8. The van der Waals surface area contributed by atoms with E-state index < -0.39 is 0 Å². The standard InChI is InChI=1S/C27H31N5O2/c1-2-5-26-30-25(17-29)24(19-31-12-14-34-15-13-31)27(33)32(26)18-20-8-10-21(11-9-20)23-7-4-3-6-22(23)16-28/h3-4,6-11H,2,5,12-15,17-19,29H2,1H3. The van der Waals surface area contributed by atoms with E-state index in [1.807, 2.05) is 48.5 Å². The van der Waals surface area contributed by atoms with Crippen molar-refractivity contribution in [3.63, 3.8) is 0 Å². The minimum Gasteiger partial charge on any atom is -0.379 e. The lowest BCUT2D eigenvalue weighted by Gasteiger charge is -2.27. The summed E-state index contributed by atoms with van der Waals surface area (Å²) in [5, 5.41) is 9.41. The summed E-state index contributed by atoms with van der Waals surface area (Å²) in [5.74, 6) is 0.776. The second-order valence-corrected chi connectivity index (χ2v) is 8.54. The Morgan fingerprint density at radius 3 is 2.50 bits per heavy atom. The van der Waals surface area contributed by atoms with Gasteiger partial charge in [-0.2, -0.15) is 5.26 Å². The Bertz CT molecular complexity index is 1220. The molecule has 34 heavy (non-hydrogen) atoms. The van der Waals surface area contributed by atoms with Crippen LogP contribution in [0.4, 0.5) is 0 Å². The van der Waals surface area contributed by atoms with Crippen molar-refractivity contribution >= 4 is 0 Å². The Kier molecular flexibility index (Phi) is 7.86. The minimum absolute atomic E-state index is 0.00991. The Balaban J connectivity index is 1.66. The zero-order chi connectivity index (χ0) is 23.9. The van der Waals surface area contributed by atoms with Crippen LogP contribution in [0, 0.1) is 11.3 Å². The summed E-state index contributed by atoms with van der Waals surface area (Å²) < 4.78 is 7.25. The van der Waals surface area contributed by atoms with Gasteiger partial charge in [-0.1, -0.05) is 49.4 Å². The fourth-order valence-corrected chi connectivity index (χ4v) is 4.38. The van der Waals surface area contributed by atoms with Crippen LogP contribution >= 0.6 is 0 Å². The molecule has 2 heterocycles. The van der Waals surface area contributed by atoms with Crippen LogP contribution in [0.5, 0.6) is 0 Å². The number of hydrogen-bond acceptors (Lipinski definition) is 6. The molecule has 1 aliphatic heterocycles. The van der Waals surface area contributed by atoms with Crippen molar-refractivity contribution in [2.75, 3.05) is 26.3 Å². The number of benzene rings is 2. The number of hydrogen-bond donors (Lipinski definition) is 1. The van der Waals surface area contributed by atoms with Crippen LogP contribution in [-0.2, 0) is 30.8 Å². The average molecular weight is 458 g/mol. The van der Waals surface area contributed by atoms with Crippen molar-refractivity contribution in [1.82, 2.24) is 14.5 Å². The monoisotopic (exact) mass is 457 g/mol. The molecule has 1 aromatic heterocycles. The van der Waals surface area contributed by atoms with Gasteiger partial charge in [-0.05, 0) is 29.2 Å². The fourth-order valence-electron chi connectivity index (χ4n) is 4.38. The predicted octanol–water partition coefficient (Wildman–Crippen LogP) is 3.07. The maximum atomic E-state index is 13.7. The molecule has 0 atom stereocenters. The first-order chi connectivity index (χ1) is 16.6. The van der Waals surface area contributed by atoms with Gasteiger partial charge in [0.2, 0.25) is 0 Å². The molecule has 176 valence electrons. The minimum atomic E-state index is -0.00991. The topological polar surface area (TPSA) is 97.2 Å². The summed E-state index contributed by atoms with van der Waals surface area (Å²) in [4.78, 5) is 20.7. The number of rotatable bonds is 8. The van der Waals surface area contributed by atoms with Crippen LogP contribution in [-0.4, -0.2) is 40.8 Å². The summed E-state index contributed by atoms with van der Waals surface area (Å²) in [6, 6.07) is 17.9. The van der Waals surface area contributed by atoms with Crippen molar-refractivity contribution in [2.45, 2.75) is 39.4 Å². The molecule has 4 rings (SSSR count). The van der Waals surface area contributed by atoms with Gasteiger partial charge < -0.3 is 10.5 Å². The van der Waals surface area contributed by atoms with E-state index >= 15 is 0 Å². The van der Waals surface area contributed by atoms with Crippen molar-refractivity contribution in [1.29, 1.82) is 5.26 Å². The van der Waals surface area contributed by atoms with E-state index in [2.05, 4.69) is 17.9 Å². The molecule has 0 bridgehead atoms. The van der Waals surface area contributed by atoms with Gasteiger partial charge in [0.05, 0.1) is 42.6 Å². The van der Waals surface area contributed by atoms with Crippen LogP contribution in [0.15, 0.2) is 53.3 Å². The SMILES string of the molecule is CCCc1nc(CN)c(CN2CCOCC2)c(=O)n1Cc1ccc(-c2ccccc2C#N)cc1. The van der Waals surface area contributed by atoms with Crippen LogP contribution < -0.4 is 11.3 Å². The largest absolute Gasteiger partial charge is 0.379 e. The normalized spacial score (nSPS) is 14.1. The van der Waals surface area contributed by atoms with Crippen molar-refractivity contribution in [3.8, 4) is 17.2 Å². The maximum absolute atomic E-state index is 13.7. The lowest BCUT2D eigenvalue weighted by molar-refractivity contribution is 0.0337. The molecule has 0 saturated carbocycles. The third kappa shape index (κ3) is 5.26. The summed E-state index contributed by atoms with van der Waals surface area (Å²) >= 11 is 0. The molecule has 2 aromatic carbocycles. The van der Waals surface area contributed by atoms with Gasteiger partial charge in [0, 0.05) is 32.6 Å². The van der Waals surface area contributed by atoms with E-state index in [-0.39, 0.29) is 12.1 Å². The van der Waals surface area contributed by atoms with Gasteiger partial charge in [-0.15, -0.1) is 0 Å².